The number of hydrogen-bond acceptors (Lipinski definition) is 4. The maximum atomic E-state index is 13.5. The van der Waals surface area contributed by atoms with E-state index in [-0.39, 0.29) is 24.9 Å². The van der Waals surface area contributed by atoms with Gasteiger partial charge in [0.25, 0.3) is 0 Å². The summed E-state index contributed by atoms with van der Waals surface area (Å²) in [6, 6.07) is 18.4. The van der Waals surface area contributed by atoms with Gasteiger partial charge in [-0.05, 0) is 72.0 Å². The van der Waals surface area contributed by atoms with Gasteiger partial charge in [-0.15, -0.1) is 12.4 Å². The number of hydrogen-bond donors (Lipinski definition) is 2. The minimum Gasteiger partial charge on any atom is -0.370 e. The molecule has 7 nitrogen and oxygen atoms in total. The first kappa shape index (κ1) is 32.2. The quantitative estimate of drug-likeness (QED) is 0.362. The summed E-state index contributed by atoms with van der Waals surface area (Å²) in [6.45, 7) is 4.62. The number of nitrogens with two attached hydrogens (primary N) is 1. The number of piperazine rings is 1. The Labute approximate surface area is 256 Å². The lowest BCUT2D eigenvalue weighted by molar-refractivity contribution is -0.137. The predicted molar refractivity (Wildman–Crippen MR) is 164 cm³/mol. The molecule has 5 rings (SSSR count). The van der Waals surface area contributed by atoms with Crippen LogP contribution in [0.3, 0.4) is 0 Å². The highest BCUT2D eigenvalue weighted by atomic mass is 35.5. The number of benzene rings is 3. The molecule has 43 heavy (non-hydrogen) atoms. The fourth-order valence-corrected chi connectivity index (χ4v) is 5.74. The zero-order chi connectivity index (χ0) is 29.9. The van der Waals surface area contributed by atoms with E-state index in [1.165, 1.54) is 12.1 Å². The van der Waals surface area contributed by atoms with Crippen LogP contribution in [-0.4, -0.2) is 61.5 Å². The Bertz CT molecular complexity index is 1430. The number of rotatable bonds is 7. The lowest BCUT2D eigenvalue weighted by atomic mass is 9.90. The maximum absolute atomic E-state index is 13.5. The Morgan fingerprint density at radius 2 is 1.65 bits per heavy atom. The molecule has 3 aromatic rings. The molecule has 230 valence electrons. The molecular weight excluding hydrogens is 579 g/mol. The Kier molecular flexibility index (Phi) is 10.2. The van der Waals surface area contributed by atoms with Crippen molar-refractivity contribution in [2.45, 2.75) is 38.0 Å². The summed E-state index contributed by atoms with van der Waals surface area (Å²) in [4.78, 5) is 31.5. The number of anilines is 1. The summed E-state index contributed by atoms with van der Waals surface area (Å²) in [7, 11) is 2.11. The number of primary amides is 1. The van der Waals surface area contributed by atoms with Crippen LogP contribution in [0.5, 0.6) is 0 Å². The lowest BCUT2D eigenvalue weighted by Crippen LogP contribution is -2.45. The summed E-state index contributed by atoms with van der Waals surface area (Å²) in [5.74, 6) is -0.424. The van der Waals surface area contributed by atoms with Crippen LogP contribution in [0.1, 0.15) is 41.1 Å². The molecule has 3 amide bonds. The average molecular weight is 616 g/mol. The highest BCUT2D eigenvalue weighted by molar-refractivity contribution is 5.85. The number of amides is 3. The second kappa shape index (κ2) is 13.7. The Hall–Kier alpha value is -3.76. The predicted octanol–water partition coefficient (Wildman–Crippen LogP) is 5.62. The molecule has 2 heterocycles. The van der Waals surface area contributed by atoms with Crippen molar-refractivity contribution in [3.8, 4) is 11.1 Å². The molecule has 2 aliphatic rings. The smallest absolute Gasteiger partial charge is 0.370 e. The second-order valence-electron chi connectivity index (χ2n) is 11.1. The molecule has 11 heteroatoms. The van der Waals surface area contributed by atoms with Gasteiger partial charge in [-0.2, -0.15) is 13.2 Å². The van der Waals surface area contributed by atoms with Crippen molar-refractivity contribution in [1.29, 1.82) is 0 Å². The minimum atomic E-state index is -4.39. The molecule has 0 radical (unpaired) electrons. The zero-order valence-corrected chi connectivity index (χ0v) is 24.9. The minimum absolute atomic E-state index is 0. The van der Waals surface area contributed by atoms with Crippen molar-refractivity contribution in [3.63, 3.8) is 0 Å². The van der Waals surface area contributed by atoms with Gasteiger partial charge in [-0.1, -0.05) is 42.5 Å². The SMILES string of the molecule is CN1CCN(c2cccc([C@H](CCC(N)=O)NC(=O)N3CCc4c(cccc4-c4ccc(C(F)(F)F)cc4)C3)c2)CC1.Cl. The highest BCUT2D eigenvalue weighted by Crippen LogP contribution is 2.34. The van der Waals surface area contributed by atoms with Gasteiger partial charge in [0.15, 0.2) is 0 Å². The number of nitrogens with one attached hydrogen (secondary N) is 1. The maximum Gasteiger partial charge on any atom is 0.416 e. The topological polar surface area (TPSA) is 81.9 Å². The lowest BCUT2D eigenvalue weighted by Gasteiger charge is -2.35. The first-order valence-corrected chi connectivity index (χ1v) is 14.2. The Morgan fingerprint density at radius 3 is 2.33 bits per heavy atom. The van der Waals surface area contributed by atoms with E-state index in [1.54, 1.807) is 4.90 Å². The van der Waals surface area contributed by atoms with Gasteiger partial charge < -0.3 is 25.8 Å². The van der Waals surface area contributed by atoms with Gasteiger partial charge in [-0.25, -0.2) is 4.79 Å². The van der Waals surface area contributed by atoms with E-state index in [0.29, 0.717) is 31.5 Å². The molecule has 0 bridgehead atoms. The van der Waals surface area contributed by atoms with E-state index in [1.807, 2.05) is 30.3 Å². The Balaban J connectivity index is 0.00000423. The van der Waals surface area contributed by atoms with Crippen molar-refractivity contribution in [1.82, 2.24) is 15.1 Å². The van der Waals surface area contributed by atoms with Gasteiger partial charge in [0.2, 0.25) is 5.91 Å². The van der Waals surface area contributed by atoms with Crippen molar-refractivity contribution in [2.24, 2.45) is 5.73 Å². The molecular formula is C32H37ClF3N5O2. The molecule has 3 N–H and O–H groups in total. The van der Waals surface area contributed by atoms with Gasteiger partial charge >= 0.3 is 12.2 Å². The van der Waals surface area contributed by atoms with Gasteiger partial charge in [0.05, 0.1) is 11.6 Å². The van der Waals surface area contributed by atoms with Crippen molar-refractivity contribution < 1.29 is 22.8 Å². The summed E-state index contributed by atoms with van der Waals surface area (Å²) >= 11 is 0. The monoisotopic (exact) mass is 615 g/mol. The molecule has 1 atom stereocenters. The van der Waals surface area contributed by atoms with Crippen molar-refractivity contribution >= 4 is 30.0 Å². The van der Waals surface area contributed by atoms with Crippen LogP contribution >= 0.6 is 12.4 Å². The number of nitrogens with zero attached hydrogens (tertiary/aromatic N) is 3. The summed E-state index contributed by atoms with van der Waals surface area (Å²) < 4.78 is 39.1. The fraction of sp³-hybridized carbons (Fsp3) is 0.375. The van der Waals surface area contributed by atoms with Crippen LogP contribution in [0, 0.1) is 0 Å². The molecule has 1 fully saturated rings. The molecule has 0 saturated carbocycles. The largest absolute Gasteiger partial charge is 0.416 e. The van der Waals surface area contributed by atoms with Gasteiger partial charge in [0, 0.05) is 51.4 Å². The third kappa shape index (κ3) is 7.80. The number of carbonyl (C=O) groups is 2. The molecule has 0 spiro atoms. The van der Waals surface area contributed by atoms with Crippen LogP contribution < -0.4 is 16.0 Å². The summed E-state index contributed by atoms with van der Waals surface area (Å²) in [6.07, 6.45) is -3.28. The number of halogens is 4. The second-order valence-corrected chi connectivity index (χ2v) is 11.1. The Morgan fingerprint density at radius 1 is 0.953 bits per heavy atom. The number of fused-ring (bicyclic) bond motifs is 1. The van der Waals surface area contributed by atoms with Crippen LogP contribution in [-0.2, 0) is 23.9 Å². The average Bonchev–Trinajstić information content (AvgIpc) is 2.98. The molecule has 0 aromatic heterocycles. The first-order valence-electron chi connectivity index (χ1n) is 14.2. The third-order valence-electron chi connectivity index (χ3n) is 8.19. The first-order chi connectivity index (χ1) is 20.1. The number of carbonyl (C=O) groups excluding carboxylic acids is 2. The van der Waals surface area contributed by atoms with E-state index in [0.717, 1.165) is 66.3 Å². The van der Waals surface area contributed by atoms with Crippen LogP contribution in [0.25, 0.3) is 11.1 Å². The zero-order valence-electron chi connectivity index (χ0n) is 24.1. The molecule has 1 saturated heterocycles. The van der Waals surface area contributed by atoms with E-state index in [9.17, 15) is 22.8 Å². The van der Waals surface area contributed by atoms with Crippen LogP contribution in [0.2, 0.25) is 0 Å². The molecule has 2 aliphatic heterocycles. The van der Waals surface area contributed by atoms with Crippen molar-refractivity contribution in [2.75, 3.05) is 44.7 Å². The van der Waals surface area contributed by atoms with E-state index in [2.05, 4.69) is 34.3 Å². The molecule has 0 unspecified atom stereocenters. The fourth-order valence-electron chi connectivity index (χ4n) is 5.74. The van der Waals surface area contributed by atoms with E-state index in [4.69, 9.17) is 5.73 Å². The summed E-state index contributed by atoms with van der Waals surface area (Å²) in [5.41, 5.74) is 10.4. The van der Waals surface area contributed by atoms with Gasteiger partial charge in [0.1, 0.15) is 0 Å². The normalized spacial score (nSPS) is 16.2. The number of likely N-dealkylation sites (N-methyl/N-ethyl adjacent to an activating group) is 1. The number of alkyl halides is 3. The van der Waals surface area contributed by atoms with Crippen molar-refractivity contribution in [3.05, 3.63) is 89.0 Å². The summed E-state index contributed by atoms with van der Waals surface area (Å²) in [5, 5.41) is 3.14. The van der Waals surface area contributed by atoms with Gasteiger partial charge in [-0.3, -0.25) is 4.79 Å². The highest BCUT2D eigenvalue weighted by Gasteiger charge is 2.30. The molecule has 0 aliphatic carbocycles. The third-order valence-corrected chi connectivity index (χ3v) is 8.19. The van der Waals surface area contributed by atoms with Crippen LogP contribution in [0.4, 0.5) is 23.7 Å². The van der Waals surface area contributed by atoms with Crippen LogP contribution in [0.15, 0.2) is 66.7 Å². The number of urea groups is 1. The molecule has 3 aromatic carbocycles. The van der Waals surface area contributed by atoms with E-state index < -0.39 is 23.7 Å². The van der Waals surface area contributed by atoms with E-state index >= 15 is 0 Å². The standard InChI is InChI=1S/C32H36F3N5O2.ClH/c1-38-16-18-39(19-17-38)26-6-2-4-23(20-26)29(12-13-30(36)41)37-31(42)40-15-14-28-24(21-40)5-3-7-27(28)22-8-10-25(11-9-22)32(33,34)35;/h2-11,20,29H,12-19,21H2,1H3,(H2,36,41)(H,37,42);1H/t29-;/m0./s1.